The molecule has 0 saturated carbocycles. The van der Waals surface area contributed by atoms with Crippen LogP contribution in [0.1, 0.15) is 15.2 Å². The Labute approximate surface area is 222 Å². The SMILES string of the molecule is COc1cccc(-c2cc(-c3ccccc3)nc3sc(C(=O)c4ccc(Cl)cc4Cl)c(N)c23)c1OC. The summed E-state index contributed by atoms with van der Waals surface area (Å²) in [5.41, 5.74) is 10.5. The molecule has 0 aliphatic rings. The molecule has 0 saturated heterocycles. The van der Waals surface area contributed by atoms with Gasteiger partial charge in [0.05, 0.1) is 30.6 Å². The first-order chi connectivity index (χ1) is 17.4. The topological polar surface area (TPSA) is 74.4 Å². The zero-order chi connectivity index (χ0) is 25.4. The van der Waals surface area contributed by atoms with E-state index in [4.69, 9.17) is 43.4 Å². The van der Waals surface area contributed by atoms with Gasteiger partial charge in [-0.15, -0.1) is 11.3 Å². The van der Waals surface area contributed by atoms with Crippen molar-refractivity contribution in [1.82, 2.24) is 4.98 Å². The number of hydrogen-bond acceptors (Lipinski definition) is 6. The number of para-hydroxylation sites is 1. The van der Waals surface area contributed by atoms with Crippen molar-refractivity contribution < 1.29 is 14.3 Å². The second-order valence-electron chi connectivity index (χ2n) is 7.94. The predicted molar refractivity (Wildman–Crippen MR) is 148 cm³/mol. The number of thiophene rings is 1. The standard InChI is InChI=1S/C28H20Cl2N2O3S/c1-34-22-10-6-9-17(26(22)35-2)19-14-21(15-7-4-3-5-8-15)32-28-23(19)24(31)27(36-28)25(33)18-12-11-16(29)13-20(18)30/h3-14H,31H2,1-2H3. The van der Waals surface area contributed by atoms with Crippen molar-refractivity contribution in [3.63, 3.8) is 0 Å². The zero-order valence-electron chi connectivity index (χ0n) is 19.3. The Morgan fingerprint density at radius 2 is 1.69 bits per heavy atom. The largest absolute Gasteiger partial charge is 0.493 e. The van der Waals surface area contributed by atoms with Crippen LogP contribution in [0.2, 0.25) is 10.0 Å². The average molecular weight is 535 g/mol. The highest BCUT2D eigenvalue weighted by Crippen LogP contribution is 2.46. The Morgan fingerprint density at radius 1 is 0.917 bits per heavy atom. The molecule has 36 heavy (non-hydrogen) atoms. The monoisotopic (exact) mass is 534 g/mol. The Kier molecular flexibility index (Phi) is 6.58. The van der Waals surface area contributed by atoms with Crippen molar-refractivity contribution in [1.29, 1.82) is 0 Å². The number of carbonyl (C=O) groups is 1. The van der Waals surface area contributed by atoms with Crippen LogP contribution < -0.4 is 15.2 Å². The van der Waals surface area contributed by atoms with E-state index in [1.165, 1.54) is 17.4 Å². The molecule has 0 aliphatic heterocycles. The van der Waals surface area contributed by atoms with Crippen molar-refractivity contribution in [2.45, 2.75) is 0 Å². The highest BCUT2D eigenvalue weighted by Gasteiger charge is 2.25. The van der Waals surface area contributed by atoms with Crippen molar-refractivity contribution in [3.8, 4) is 33.9 Å². The fourth-order valence-corrected chi connectivity index (χ4v) is 5.72. The smallest absolute Gasteiger partial charge is 0.206 e. The molecule has 0 unspecified atom stereocenters. The number of methoxy groups -OCH3 is 2. The van der Waals surface area contributed by atoms with Crippen molar-refractivity contribution in [2.24, 2.45) is 0 Å². The van der Waals surface area contributed by atoms with E-state index < -0.39 is 0 Å². The summed E-state index contributed by atoms with van der Waals surface area (Å²) in [5, 5.41) is 1.37. The molecule has 2 heterocycles. The van der Waals surface area contributed by atoms with Gasteiger partial charge in [0, 0.05) is 32.7 Å². The highest BCUT2D eigenvalue weighted by atomic mass is 35.5. The van der Waals surface area contributed by atoms with Gasteiger partial charge in [0.25, 0.3) is 0 Å². The van der Waals surface area contributed by atoms with E-state index in [0.717, 1.165) is 22.4 Å². The van der Waals surface area contributed by atoms with Crippen LogP contribution in [0.3, 0.4) is 0 Å². The number of nitrogens with zero attached hydrogens (tertiary/aromatic N) is 1. The van der Waals surface area contributed by atoms with Gasteiger partial charge in [-0.1, -0.05) is 65.7 Å². The Hall–Kier alpha value is -3.58. The highest BCUT2D eigenvalue weighted by molar-refractivity contribution is 7.21. The molecule has 5 rings (SSSR count). The van der Waals surface area contributed by atoms with Crippen molar-refractivity contribution >= 4 is 56.2 Å². The molecule has 0 radical (unpaired) electrons. The summed E-state index contributed by atoms with van der Waals surface area (Å²) >= 11 is 13.6. The maximum absolute atomic E-state index is 13.5. The van der Waals surface area contributed by atoms with Gasteiger partial charge in [0.2, 0.25) is 5.78 Å². The third-order valence-electron chi connectivity index (χ3n) is 5.84. The minimum Gasteiger partial charge on any atom is -0.493 e. The van der Waals surface area contributed by atoms with Gasteiger partial charge in [-0.2, -0.15) is 0 Å². The van der Waals surface area contributed by atoms with Crippen molar-refractivity contribution in [2.75, 3.05) is 20.0 Å². The van der Waals surface area contributed by atoms with Crippen LogP contribution in [0.4, 0.5) is 5.69 Å². The summed E-state index contributed by atoms with van der Waals surface area (Å²) in [6.07, 6.45) is 0. The Balaban J connectivity index is 1.81. The molecule has 3 aromatic carbocycles. The summed E-state index contributed by atoms with van der Waals surface area (Å²) in [7, 11) is 3.18. The average Bonchev–Trinajstić information content (AvgIpc) is 3.24. The van der Waals surface area contributed by atoms with Crippen LogP contribution in [0.25, 0.3) is 32.6 Å². The number of fused-ring (bicyclic) bond motifs is 1. The summed E-state index contributed by atoms with van der Waals surface area (Å²) < 4.78 is 11.3. The molecular weight excluding hydrogens is 515 g/mol. The molecule has 0 aliphatic carbocycles. The van der Waals surface area contributed by atoms with Crippen LogP contribution in [0.15, 0.2) is 72.8 Å². The van der Waals surface area contributed by atoms with Gasteiger partial charge in [0.15, 0.2) is 11.5 Å². The number of nitrogens with two attached hydrogens (primary N) is 1. The fraction of sp³-hybridized carbons (Fsp3) is 0.0714. The second kappa shape index (κ2) is 9.82. The third kappa shape index (κ3) is 4.17. The number of benzene rings is 3. The number of anilines is 1. The minimum absolute atomic E-state index is 0.261. The second-order valence-corrected chi connectivity index (χ2v) is 9.78. The lowest BCUT2D eigenvalue weighted by atomic mass is 9.97. The number of carbonyl (C=O) groups excluding carboxylic acids is 1. The first-order valence-corrected chi connectivity index (χ1v) is 12.5. The number of aromatic nitrogens is 1. The van der Waals surface area contributed by atoms with Gasteiger partial charge in [-0.3, -0.25) is 4.79 Å². The first kappa shape index (κ1) is 24.1. The number of hydrogen-bond donors (Lipinski definition) is 1. The molecule has 0 spiro atoms. The quantitative estimate of drug-likeness (QED) is 0.225. The number of ketones is 1. The molecule has 5 aromatic rings. The fourth-order valence-electron chi connectivity index (χ4n) is 4.15. The zero-order valence-corrected chi connectivity index (χ0v) is 21.7. The van der Waals surface area contributed by atoms with E-state index >= 15 is 0 Å². The number of rotatable bonds is 6. The van der Waals surface area contributed by atoms with Gasteiger partial charge >= 0.3 is 0 Å². The maximum atomic E-state index is 13.5. The molecule has 2 aromatic heterocycles. The maximum Gasteiger partial charge on any atom is 0.206 e. The van der Waals surface area contributed by atoms with E-state index in [0.29, 0.717) is 42.9 Å². The molecule has 0 fully saturated rings. The Morgan fingerprint density at radius 3 is 2.39 bits per heavy atom. The molecule has 0 atom stereocenters. The molecule has 8 heteroatoms. The van der Waals surface area contributed by atoms with Gasteiger partial charge in [-0.05, 0) is 30.3 Å². The molecule has 180 valence electrons. The first-order valence-electron chi connectivity index (χ1n) is 10.9. The summed E-state index contributed by atoms with van der Waals surface area (Å²) in [6.45, 7) is 0. The van der Waals surface area contributed by atoms with Crippen LogP contribution in [-0.2, 0) is 0 Å². The number of pyridine rings is 1. The van der Waals surface area contributed by atoms with Crippen LogP contribution >= 0.6 is 34.5 Å². The number of halogens is 2. The van der Waals surface area contributed by atoms with Gasteiger partial charge in [-0.25, -0.2) is 4.98 Å². The van der Waals surface area contributed by atoms with Crippen LogP contribution in [0, 0.1) is 0 Å². The molecule has 5 nitrogen and oxygen atoms in total. The lowest BCUT2D eigenvalue weighted by molar-refractivity contribution is 0.104. The number of nitrogen functional groups attached to an aromatic ring is 1. The summed E-state index contributed by atoms with van der Waals surface area (Å²) in [6, 6.07) is 22.2. The molecule has 0 amide bonds. The van der Waals surface area contributed by atoms with E-state index in [1.807, 2.05) is 54.6 Å². The van der Waals surface area contributed by atoms with E-state index in [9.17, 15) is 4.79 Å². The van der Waals surface area contributed by atoms with E-state index in [2.05, 4.69) is 0 Å². The molecule has 0 bridgehead atoms. The van der Waals surface area contributed by atoms with E-state index in [-0.39, 0.29) is 10.8 Å². The molecule has 2 N–H and O–H groups in total. The van der Waals surface area contributed by atoms with Gasteiger partial charge < -0.3 is 15.2 Å². The lowest BCUT2D eigenvalue weighted by Crippen LogP contribution is -2.03. The lowest BCUT2D eigenvalue weighted by Gasteiger charge is -2.15. The Bertz CT molecular complexity index is 1620. The number of ether oxygens (including phenoxy) is 2. The third-order valence-corrected chi connectivity index (χ3v) is 7.49. The van der Waals surface area contributed by atoms with E-state index in [1.54, 1.807) is 26.4 Å². The summed E-state index contributed by atoms with van der Waals surface area (Å²) in [4.78, 5) is 19.4. The summed E-state index contributed by atoms with van der Waals surface area (Å²) in [5.74, 6) is 0.854. The normalized spacial score (nSPS) is 11.0. The van der Waals surface area contributed by atoms with Crippen LogP contribution in [0.5, 0.6) is 11.5 Å². The minimum atomic E-state index is -0.290. The van der Waals surface area contributed by atoms with Gasteiger partial charge in [0.1, 0.15) is 9.71 Å². The van der Waals surface area contributed by atoms with Crippen LogP contribution in [-0.4, -0.2) is 25.0 Å². The predicted octanol–water partition coefficient (Wildman–Crippen LogP) is 7.77. The van der Waals surface area contributed by atoms with Crippen molar-refractivity contribution in [3.05, 3.63) is 93.3 Å². The molecular formula is C28H20Cl2N2O3S.